The molecule has 0 spiro atoms. The predicted octanol–water partition coefficient (Wildman–Crippen LogP) is 8.84. The zero-order valence-corrected chi connectivity index (χ0v) is 24.9. The number of alkyl halides is 1. The lowest BCUT2D eigenvalue weighted by Crippen LogP contribution is -2.32. The van der Waals surface area contributed by atoms with Gasteiger partial charge in [-0.1, -0.05) is 60.6 Å². The first-order valence-corrected chi connectivity index (χ1v) is 13.9. The van der Waals surface area contributed by atoms with Gasteiger partial charge < -0.3 is 14.4 Å². The van der Waals surface area contributed by atoms with E-state index in [1.807, 2.05) is 63.8 Å². The van der Waals surface area contributed by atoms with Crippen molar-refractivity contribution in [3.63, 3.8) is 0 Å². The molecule has 0 amide bonds. The molecule has 2 rings (SSSR count). The van der Waals surface area contributed by atoms with E-state index in [-0.39, 0.29) is 30.3 Å². The number of hydrogen-bond donors (Lipinski definition) is 0. The summed E-state index contributed by atoms with van der Waals surface area (Å²) in [6.45, 7) is 15.7. The molecule has 0 bridgehead atoms. The number of carbonyl (C=O) groups is 1. The van der Waals surface area contributed by atoms with E-state index in [0.29, 0.717) is 23.9 Å². The molecule has 1 aromatic carbocycles. The minimum absolute atomic E-state index is 0.150. The van der Waals surface area contributed by atoms with Crippen molar-refractivity contribution in [1.82, 2.24) is 4.90 Å². The molecule has 1 aromatic rings. The van der Waals surface area contributed by atoms with Crippen LogP contribution in [0, 0.1) is 5.82 Å². The van der Waals surface area contributed by atoms with E-state index in [2.05, 4.69) is 22.5 Å². The Hall–Kier alpha value is -2.77. The molecule has 1 aliphatic heterocycles. The molecule has 1 aliphatic rings. The monoisotopic (exact) mass is 591 g/mol. The maximum atomic E-state index is 13.5. The molecule has 4 nitrogen and oxygen atoms in total. The highest BCUT2D eigenvalue weighted by Gasteiger charge is 2.30. The molecule has 1 atom stereocenters. The fourth-order valence-corrected chi connectivity index (χ4v) is 4.24. The highest BCUT2D eigenvalue weighted by Crippen LogP contribution is 2.34. The van der Waals surface area contributed by atoms with Crippen LogP contribution in [0.4, 0.5) is 8.78 Å². The van der Waals surface area contributed by atoms with E-state index in [0.717, 1.165) is 34.5 Å². The van der Waals surface area contributed by atoms with Gasteiger partial charge in [-0.25, -0.2) is 13.6 Å². The van der Waals surface area contributed by atoms with Gasteiger partial charge in [0.1, 0.15) is 5.82 Å². The third kappa shape index (κ3) is 10.2. The largest absolute Gasteiger partial charge is 0.462 e. The summed E-state index contributed by atoms with van der Waals surface area (Å²) in [6, 6.07) is 6.36. The second kappa shape index (κ2) is 17.7. The van der Waals surface area contributed by atoms with Gasteiger partial charge in [-0.2, -0.15) is 0 Å². The molecular weight excluding hydrogens is 552 g/mol. The normalized spacial score (nSPS) is 16.1. The zero-order chi connectivity index (χ0) is 28.7. The summed E-state index contributed by atoms with van der Waals surface area (Å²) >= 11 is 3.22. The fraction of sp³-hybridized carbons (Fsp3) is 0.387. The van der Waals surface area contributed by atoms with Crippen molar-refractivity contribution in [3.05, 3.63) is 107 Å². The van der Waals surface area contributed by atoms with E-state index >= 15 is 0 Å². The molecule has 0 aliphatic carbocycles. The van der Waals surface area contributed by atoms with Crippen LogP contribution < -0.4 is 0 Å². The second-order valence-corrected chi connectivity index (χ2v) is 9.10. The molecule has 0 radical (unpaired) electrons. The Balaban J connectivity index is 0.000000686. The Kier molecular flexibility index (Phi) is 15.5. The van der Waals surface area contributed by atoms with Crippen LogP contribution in [0.5, 0.6) is 0 Å². The first-order chi connectivity index (χ1) is 18.2. The SMILES string of the molecule is C/C=C(\C=C(/C)F)CBr.C=CN1C(C(CC)OCc2cccc(F)c2)=C(C)C(C(=O)OCCC)=C/C1=C/C. The van der Waals surface area contributed by atoms with Crippen molar-refractivity contribution in [2.45, 2.75) is 67.1 Å². The quantitative estimate of drug-likeness (QED) is 0.146. The van der Waals surface area contributed by atoms with Gasteiger partial charge >= 0.3 is 5.97 Å². The maximum Gasteiger partial charge on any atom is 0.338 e. The van der Waals surface area contributed by atoms with Gasteiger partial charge in [0.25, 0.3) is 0 Å². The topological polar surface area (TPSA) is 38.8 Å². The lowest BCUT2D eigenvalue weighted by Gasteiger charge is -2.35. The van der Waals surface area contributed by atoms with Gasteiger partial charge in [0.15, 0.2) is 0 Å². The Labute approximate surface area is 235 Å². The summed E-state index contributed by atoms with van der Waals surface area (Å²) in [5.74, 6) is -0.785. The number of ether oxygens (including phenoxy) is 2. The van der Waals surface area contributed by atoms with E-state index in [4.69, 9.17) is 9.47 Å². The Morgan fingerprint density at radius 3 is 2.45 bits per heavy atom. The minimum Gasteiger partial charge on any atom is -0.462 e. The molecule has 1 heterocycles. The molecule has 0 saturated carbocycles. The van der Waals surface area contributed by atoms with Gasteiger partial charge in [0.2, 0.25) is 0 Å². The molecule has 38 heavy (non-hydrogen) atoms. The second-order valence-electron chi connectivity index (χ2n) is 8.54. The van der Waals surface area contributed by atoms with E-state index in [1.165, 1.54) is 25.1 Å². The lowest BCUT2D eigenvalue weighted by atomic mass is 9.95. The fourth-order valence-electron chi connectivity index (χ4n) is 3.76. The molecule has 0 N–H and O–H groups in total. The molecule has 0 aromatic heterocycles. The zero-order valence-electron chi connectivity index (χ0n) is 23.3. The lowest BCUT2D eigenvalue weighted by molar-refractivity contribution is -0.138. The van der Waals surface area contributed by atoms with Crippen molar-refractivity contribution in [2.75, 3.05) is 11.9 Å². The van der Waals surface area contributed by atoms with Crippen LogP contribution in [0.25, 0.3) is 0 Å². The van der Waals surface area contributed by atoms with Crippen molar-refractivity contribution in [3.8, 4) is 0 Å². The summed E-state index contributed by atoms with van der Waals surface area (Å²) in [6.07, 6.45) is 9.98. The summed E-state index contributed by atoms with van der Waals surface area (Å²) in [5.41, 5.74) is 4.71. The summed E-state index contributed by atoms with van der Waals surface area (Å²) in [4.78, 5) is 14.6. The van der Waals surface area contributed by atoms with E-state index < -0.39 is 0 Å². The van der Waals surface area contributed by atoms with Crippen molar-refractivity contribution in [2.24, 2.45) is 0 Å². The molecular formula is C31H40BrF2NO3. The minimum atomic E-state index is -0.343. The average molecular weight is 593 g/mol. The average Bonchev–Trinajstić information content (AvgIpc) is 2.91. The number of nitrogens with zero attached hydrogens (tertiary/aromatic N) is 1. The van der Waals surface area contributed by atoms with Gasteiger partial charge in [-0.3, -0.25) is 0 Å². The summed E-state index contributed by atoms with van der Waals surface area (Å²) in [5, 5.41) is 0.713. The third-order valence-corrected chi connectivity index (χ3v) is 6.33. The number of halogens is 3. The number of benzene rings is 1. The van der Waals surface area contributed by atoms with Crippen molar-refractivity contribution < 1.29 is 23.0 Å². The number of carbonyl (C=O) groups excluding carboxylic acids is 1. The Morgan fingerprint density at radius 1 is 1.26 bits per heavy atom. The van der Waals surface area contributed by atoms with Crippen LogP contribution in [0.2, 0.25) is 0 Å². The smallest absolute Gasteiger partial charge is 0.338 e. The molecule has 208 valence electrons. The summed E-state index contributed by atoms with van der Waals surface area (Å²) in [7, 11) is 0. The first kappa shape index (κ1) is 33.3. The Bertz CT molecular complexity index is 1100. The predicted molar refractivity (Wildman–Crippen MR) is 156 cm³/mol. The standard InChI is InChI=1S/C24H30FNO3.C7H10BrF/c1-6-13-28-24(27)21-15-20(7-2)26(9-4)23(17(21)5)22(8-3)29-16-18-11-10-12-19(25)14-18;1-3-7(5-8)4-6(2)9/h7,9-12,14-15,22H,4,6,8,13,16H2,1-3,5H3;3-4H,5H2,1-2H3/b20-7-;6-4+,7-3+. The molecule has 0 saturated heterocycles. The number of rotatable bonds is 11. The number of esters is 1. The first-order valence-electron chi connectivity index (χ1n) is 12.8. The maximum absolute atomic E-state index is 13.5. The van der Waals surface area contributed by atoms with Crippen LogP contribution in [-0.4, -0.2) is 28.9 Å². The van der Waals surface area contributed by atoms with Crippen molar-refractivity contribution >= 4 is 21.9 Å². The van der Waals surface area contributed by atoms with Gasteiger partial charge in [0.05, 0.1) is 36.4 Å². The van der Waals surface area contributed by atoms with Gasteiger partial charge in [-0.05, 0) is 81.5 Å². The van der Waals surface area contributed by atoms with Crippen LogP contribution in [0.1, 0.15) is 59.9 Å². The Morgan fingerprint density at radius 2 is 1.97 bits per heavy atom. The van der Waals surface area contributed by atoms with Crippen molar-refractivity contribution in [1.29, 1.82) is 0 Å². The molecule has 7 heteroatoms. The molecule has 0 fully saturated rings. The van der Waals surface area contributed by atoms with Gasteiger partial charge in [0, 0.05) is 17.2 Å². The van der Waals surface area contributed by atoms with Crippen LogP contribution in [0.3, 0.4) is 0 Å². The van der Waals surface area contributed by atoms with E-state index in [1.54, 1.807) is 12.3 Å². The summed E-state index contributed by atoms with van der Waals surface area (Å²) < 4.78 is 37.1. The van der Waals surface area contributed by atoms with Crippen LogP contribution >= 0.6 is 15.9 Å². The van der Waals surface area contributed by atoms with Gasteiger partial charge in [-0.15, -0.1) is 0 Å². The van der Waals surface area contributed by atoms with Crippen LogP contribution in [-0.2, 0) is 20.9 Å². The van der Waals surface area contributed by atoms with E-state index in [9.17, 15) is 13.6 Å². The number of allylic oxidation sites excluding steroid dienone is 6. The van der Waals surface area contributed by atoms with Crippen LogP contribution in [0.15, 0.2) is 95.3 Å². The highest BCUT2D eigenvalue weighted by atomic mass is 79.9. The third-order valence-electron chi connectivity index (χ3n) is 5.68. The molecule has 1 unspecified atom stereocenters. The number of hydrogen-bond acceptors (Lipinski definition) is 4. The highest BCUT2D eigenvalue weighted by molar-refractivity contribution is 9.09.